The van der Waals surface area contributed by atoms with Crippen LogP contribution >= 0.6 is 0 Å². The van der Waals surface area contributed by atoms with E-state index in [2.05, 4.69) is 22.9 Å². The van der Waals surface area contributed by atoms with Crippen molar-refractivity contribution in [3.8, 4) is 0 Å². The molecule has 4 rings (SSSR count). The molecule has 1 aliphatic rings. The summed E-state index contributed by atoms with van der Waals surface area (Å²) in [5.41, 5.74) is 7.78. The molecule has 1 heterocycles. The summed E-state index contributed by atoms with van der Waals surface area (Å²) in [6, 6.07) is 23.8. The van der Waals surface area contributed by atoms with Gasteiger partial charge in [0.15, 0.2) is 0 Å². The number of rotatable bonds is 11. The average molecular weight is 641 g/mol. The number of hydrogen-bond donors (Lipinski definition) is 4. The number of amides is 4. The Hall–Kier alpha value is -4.99. The predicted octanol–water partition coefficient (Wildman–Crippen LogP) is 3.53. The van der Waals surface area contributed by atoms with Crippen LogP contribution in [0.2, 0.25) is 0 Å². The highest BCUT2D eigenvalue weighted by atomic mass is 16.5. The fourth-order valence-corrected chi connectivity index (χ4v) is 5.90. The number of ether oxygens (including phenoxy) is 1. The van der Waals surface area contributed by atoms with Crippen LogP contribution in [0.3, 0.4) is 0 Å². The summed E-state index contributed by atoms with van der Waals surface area (Å²) >= 11 is 0. The second-order valence-electron chi connectivity index (χ2n) is 12.1. The van der Waals surface area contributed by atoms with Crippen molar-refractivity contribution in [3.05, 3.63) is 108 Å². The Balaban J connectivity index is 1.79. The molecule has 3 aromatic carbocycles. The molecule has 10 nitrogen and oxygen atoms in total. The van der Waals surface area contributed by atoms with Gasteiger partial charge in [0.1, 0.15) is 24.2 Å². The molecule has 3 aromatic rings. The largest absolute Gasteiger partial charge is 0.460 e. The zero-order valence-electron chi connectivity index (χ0n) is 26.9. The smallest absolute Gasteiger partial charge is 0.329 e. The number of carbonyl (C=O) groups excluding carboxylic acids is 5. The van der Waals surface area contributed by atoms with Gasteiger partial charge in [0.25, 0.3) is 0 Å². The van der Waals surface area contributed by atoms with Crippen molar-refractivity contribution in [2.24, 2.45) is 11.7 Å². The van der Waals surface area contributed by atoms with Gasteiger partial charge in [-0.05, 0) is 29.0 Å². The minimum atomic E-state index is -1.42. The van der Waals surface area contributed by atoms with Crippen LogP contribution in [0.5, 0.6) is 0 Å². The van der Waals surface area contributed by atoms with Gasteiger partial charge in [-0.1, -0.05) is 118 Å². The third-order valence-electron chi connectivity index (χ3n) is 8.47. The summed E-state index contributed by atoms with van der Waals surface area (Å²) in [5.74, 6) is -4.33. The molecule has 4 amide bonds. The van der Waals surface area contributed by atoms with E-state index in [4.69, 9.17) is 10.5 Å². The summed E-state index contributed by atoms with van der Waals surface area (Å²) in [7, 11) is 0. The lowest BCUT2D eigenvalue weighted by Gasteiger charge is -2.30. The molecule has 0 spiro atoms. The van der Waals surface area contributed by atoms with E-state index in [9.17, 15) is 24.0 Å². The Bertz CT molecular complexity index is 1460. The number of esters is 1. The molecule has 0 bridgehead atoms. The van der Waals surface area contributed by atoms with Crippen molar-refractivity contribution >= 4 is 29.6 Å². The molecule has 47 heavy (non-hydrogen) atoms. The highest BCUT2D eigenvalue weighted by Gasteiger charge is 2.38. The van der Waals surface area contributed by atoms with Crippen LogP contribution in [0.25, 0.3) is 0 Å². The molecule has 1 aliphatic heterocycles. The van der Waals surface area contributed by atoms with E-state index in [1.54, 1.807) is 0 Å². The Kier molecular flexibility index (Phi) is 12.7. The Labute approximate surface area is 275 Å². The number of benzene rings is 3. The minimum Gasteiger partial charge on any atom is -0.460 e. The molecule has 0 unspecified atom stereocenters. The first-order chi connectivity index (χ1) is 22.7. The van der Waals surface area contributed by atoms with Crippen LogP contribution in [-0.4, -0.2) is 53.8 Å². The normalized spacial score (nSPS) is 21.6. The zero-order valence-corrected chi connectivity index (χ0v) is 26.9. The molecular weight excluding hydrogens is 596 g/mol. The second-order valence-corrected chi connectivity index (χ2v) is 12.1. The first-order valence-electron chi connectivity index (χ1n) is 16.2. The lowest BCUT2D eigenvalue weighted by atomic mass is 9.84. The standard InChI is InChI=1S/C37H44N4O6/c1-3-4-14-24(2)30-23-32(43)41-34(33(26-17-10-6-11-18-26)27-19-12-7-13-20-27)36(45)39-28(22-31(38)42)35(44)40-29(37(46)47-30)21-25-15-8-5-9-16-25/h5-13,15-20,24,28-30,33-34H,3-4,14,21-23H2,1-2H3,(H2,38,42)(H,39,45)(H,40,44)(H,41,43)/t24-,28-,29+,30-,34-/m0/s1. The van der Waals surface area contributed by atoms with Gasteiger partial charge in [0.2, 0.25) is 23.6 Å². The number of primary amides is 1. The van der Waals surface area contributed by atoms with Crippen molar-refractivity contribution in [1.29, 1.82) is 0 Å². The molecule has 5 atom stereocenters. The predicted molar refractivity (Wildman–Crippen MR) is 178 cm³/mol. The van der Waals surface area contributed by atoms with Gasteiger partial charge in [-0.15, -0.1) is 0 Å². The van der Waals surface area contributed by atoms with Gasteiger partial charge in [0.05, 0.1) is 12.8 Å². The maximum absolute atomic E-state index is 14.2. The quantitative estimate of drug-likeness (QED) is 0.235. The van der Waals surface area contributed by atoms with Gasteiger partial charge < -0.3 is 26.4 Å². The lowest BCUT2D eigenvalue weighted by molar-refractivity contribution is -0.157. The maximum atomic E-state index is 14.2. The number of nitrogens with one attached hydrogen (secondary N) is 3. The average Bonchev–Trinajstić information content (AvgIpc) is 3.07. The van der Waals surface area contributed by atoms with Crippen LogP contribution in [0, 0.1) is 5.92 Å². The van der Waals surface area contributed by atoms with E-state index in [0.29, 0.717) is 6.42 Å². The molecule has 0 radical (unpaired) electrons. The summed E-state index contributed by atoms with van der Waals surface area (Å²) in [5, 5.41) is 8.29. The van der Waals surface area contributed by atoms with Crippen LogP contribution < -0.4 is 21.7 Å². The SMILES string of the molecule is CCCC[C@H](C)[C@@H]1CC(=O)N[C@@H](C(c2ccccc2)c2ccccc2)C(=O)N[C@@H](CC(N)=O)C(=O)N[C@H](Cc2ccccc2)C(=O)O1. The van der Waals surface area contributed by atoms with E-state index in [1.807, 2.05) is 97.9 Å². The van der Waals surface area contributed by atoms with E-state index in [0.717, 1.165) is 29.5 Å². The Morgan fingerprint density at radius 3 is 1.91 bits per heavy atom. The molecular formula is C37H44N4O6. The number of carbonyl (C=O) groups is 5. The summed E-state index contributed by atoms with van der Waals surface area (Å²) in [6.07, 6.45) is 1.06. The van der Waals surface area contributed by atoms with Crippen molar-refractivity contribution in [2.75, 3.05) is 0 Å². The van der Waals surface area contributed by atoms with E-state index in [1.165, 1.54) is 0 Å². The van der Waals surface area contributed by atoms with Crippen LogP contribution in [0.15, 0.2) is 91.0 Å². The molecule has 1 saturated heterocycles. The third kappa shape index (κ3) is 10.00. The first kappa shape index (κ1) is 34.9. The topological polar surface area (TPSA) is 157 Å². The molecule has 0 aromatic heterocycles. The number of nitrogens with two attached hydrogens (primary N) is 1. The van der Waals surface area contributed by atoms with E-state index >= 15 is 0 Å². The van der Waals surface area contributed by atoms with Gasteiger partial charge in [0, 0.05) is 12.3 Å². The van der Waals surface area contributed by atoms with Gasteiger partial charge in [-0.25, -0.2) is 4.79 Å². The van der Waals surface area contributed by atoms with Crippen LogP contribution in [-0.2, 0) is 35.1 Å². The van der Waals surface area contributed by atoms with Crippen LogP contribution in [0.4, 0.5) is 0 Å². The highest BCUT2D eigenvalue weighted by molar-refractivity contribution is 5.96. The van der Waals surface area contributed by atoms with Crippen molar-refractivity contribution in [2.45, 2.75) is 82.5 Å². The fraction of sp³-hybridized carbons (Fsp3) is 0.378. The number of unbranched alkanes of at least 4 members (excludes halogenated alkanes) is 1. The van der Waals surface area contributed by atoms with Gasteiger partial charge in [-0.2, -0.15) is 0 Å². The molecule has 1 fully saturated rings. The van der Waals surface area contributed by atoms with Crippen LogP contribution in [0.1, 0.15) is 68.6 Å². The second kappa shape index (κ2) is 17.1. The fourth-order valence-electron chi connectivity index (χ4n) is 5.90. The molecule has 10 heteroatoms. The highest BCUT2D eigenvalue weighted by Crippen LogP contribution is 2.29. The Morgan fingerprint density at radius 1 is 0.809 bits per heavy atom. The minimum absolute atomic E-state index is 0.0949. The zero-order chi connectivity index (χ0) is 33.8. The lowest BCUT2D eigenvalue weighted by Crippen LogP contribution is -2.57. The number of cyclic esters (lactones) is 1. The maximum Gasteiger partial charge on any atom is 0.329 e. The number of hydrogen-bond acceptors (Lipinski definition) is 6. The molecule has 0 aliphatic carbocycles. The summed E-state index contributed by atoms with van der Waals surface area (Å²) in [4.78, 5) is 67.7. The van der Waals surface area contributed by atoms with Crippen molar-refractivity contribution in [3.63, 3.8) is 0 Å². The van der Waals surface area contributed by atoms with Crippen molar-refractivity contribution in [1.82, 2.24) is 16.0 Å². The molecule has 0 saturated carbocycles. The Morgan fingerprint density at radius 2 is 1.36 bits per heavy atom. The summed E-state index contributed by atoms with van der Waals surface area (Å²) in [6.45, 7) is 3.98. The first-order valence-corrected chi connectivity index (χ1v) is 16.2. The van der Waals surface area contributed by atoms with Gasteiger partial charge >= 0.3 is 5.97 Å². The van der Waals surface area contributed by atoms with E-state index in [-0.39, 0.29) is 18.8 Å². The van der Waals surface area contributed by atoms with E-state index < -0.39 is 66.2 Å². The van der Waals surface area contributed by atoms with Gasteiger partial charge in [-0.3, -0.25) is 19.2 Å². The van der Waals surface area contributed by atoms with Crippen molar-refractivity contribution < 1.29 is 28.7 Å². The molecule has 5 N–H and O–H groups in total. The summed E-state index contributed by atoms with van der Waals surface area (Å²) < 4.78 is 6.02. The monoisotopic (exact) mass is 640 g/mol. The third-order valence-corrected chi connectivity index (χ3v) is 8.47. The molecule has 248 valence electrons.